The maximum Gasteiger partial charge on any atom is 0.293 e. The lowest BCUT2D eigenvalue weighted by atomic mass is 10.2. The molecular weight excluding hydrogens is 416 g/mol. The van der Waals surface area contributed by atoms with E-state index in [1.165, 1.54) is 24.3 Å². The second-order valence-corrected chi connectivity index (χ2v) is 7.48. The van der Waals surface area contributed by atoms with Gasteiger partial charge in [0.25, 0.3) is 11.1 Å². The van der Waals surface area contributed by atoms with Crippen molar-refractivity contribution in [1.82, 2.24) is 4.90 Å². The number of hydrogen-bond acceptors (Lipinski definition) is 6. The highest BCUT2D eigenvalue weighted by Crippen LogP contribution is 2.32. The maximum absolute atomic E-state index is 12.5. The Balaban J connectivity index is 1.57. The first-order chi connectivity index (χ1) is 13.8. The average Bonchev–Trinajstić information content (AvgIpc) is 2.95. The first-order valence-corrected chi connectivity index (χ1v) is 9.65. The molecule has 0 aromatic heterocycles. The number of carbonyl (C=O) groups excluding carboxylic acids is 4. The van der Waals surface area contributed by atoms with Crippen LogP contribution >= 0.6 is 23.4 Å². The number of nitrogens with one attached hydrogen (secondary N) is 1. The standard InChI is InChI=1S/C20H15ClN2O5S/c21-14-5-1-12(2-6-14)11-16-18(25)23(20(28)29-16)10-9-17(24)22-15-7-3-13(4-8-15)19(26)27/h1-8,11H,9-10H2,(H,22,24)(H,26,27)/p-1/b16-11-. The SMILES string of the molecule is O=C(CCN1C(=O)S/C(=C\c2ccc(Cl)cc2)C1=O)Nc1ccc(C(=O)[O-])cc1. The van der Waals surface area contributed by atoms with Gasteiger partial charge in [0.1, 0.15) is 0 Å². The van der Waals surface area contributed by atoms with Crippen molar-refractivity contribution < 1.29 is 24.3 Å². The normalized spacial score (nSPS) is 15.1. The predicted octanol–water partition coefficient (Wildman–Crippen LogP) is 2.77. The van der Waals surface area contributed by atoms with Gasteiger partial charge in [0.2, 0.25) is 5.91 Å². The largest absolute Gasteiger partial charge is 0.545 e. The Morgan fingerprint density at radius 1 is 1.07 bits per heavy atom. The van der Waals surface area contributed by atoms with E-state index in [2.05, 4.69) is 5.32 Å². The van der Waals surface area contributed by atoms with E-state index < -0.39 is 23.0 Å². The van der Waals surface area contributed by atoms with Gasteiger partial charge in [-0.2, -0.15) is 0 Å². The van der Waals surface area contributed by atoms with Crippen LogP contribution in [0.5, 0.6) is 0 Å². The summed E-state index contributed by atoms with van der Waals surface area (Å²) in [6.07, 6.45) is 1.51. The van der Waals surface area contributed by atoms with E-state index in [9.17, 15) is 24.3 Å². The Morgan fingerprint density at radius 3 is 2.34 bits per heavy atom. The molecule has 1 N–H and O–H groups in total. The molecule has 1 aliphatic heterocycles. The van der Waals surface area contributed by atoms with Crippen LogP contribution in [-0.2, 0) is 9.59 Å². The van der Waals surface area contributed by atoms with Crippen LogP contribution in [0.15, 0.2) is 53.4 Å². The lowest BCUT2D eigenvalue weighted by molar-refractivity contribution is -0.255. The van der Waals surface area contributed by atoms with Gasteiger partial charge in [-0.1, -0.05) is 35.9 Å². The minimum Gasteiger partial charge on any atom is -0.545 e. The third-order valence-corrected chi connectivity index (χ3v) is 5.17. The summed E-state index contributed by atoms with van der Waals surface area (Å²) in [6.45, 7) is -0.0639. The first-order valence-electron chi connectivity index (χ1n) is 8.45. The van der Waals surface area contributed by atoms with Gasteiger partial charge in [0, 0.05) is 23.7 Å². The number of carboxylic acids is 1. The molecular formula is C20H14ClN2O5S-. The average molecular weight is 430 g/mol. The van der Waals surface area contributed by atoms with E-state index in [0.717, 1.165) is 22.2 Å². The topological polar surface area (TPSA) is 107 Å². The number of amides is 3. The molecule has 0 saturated carbocycles. The zero-order valence-electron chi connectivity index (χ0n) is 14.9. The van der Waals surface area contributed by atoms with E-state index in [1.807, 2.05) is 0 Å². The number of imide groups is 1. The molecule has 1 heterocycles. The van der Waals surface area contributed by atoms with Crippen molar-refractivity contribution in [2.45, 2.75) is 6.42 Å². The fraction of sp³-hybridized carbons (Fsp3) is 0.100. The zero-order chi connectivity index (χ0) is 21.0. The van der Waals surface area contributed by atoms with Crippen LogP contribution in [0.25, 0.3) is 6.08 Å². The van der Waals surface area contributed by atoms with Gasteiger partial charge in [0.15, 0.2) is 0 Å². The number of carbonyl (C=O) groups is 4. The number of nitrogens with zero attached hydrogens (tertiary/aromatic N) is 1. The Hall–Kier alpha value is -3.10. The van der Waals surface area contributed by atoms with Crippen LogP contribution in [0.1, 0.15) is 22.3 Å². The number of carboxylic acid groups (broad SMARTS) is 1. The maximum atomic E-state index is 12.5. The molecule has 2 aromatic rings. The minimum atomic E-state index is -1.31. The Kier molecular flexibility index (Phi) is 6.36. The number of halogens is 1. The third kappa shape index (κ3) is 5.24. The number of hydrogen-bond donors (Lipinski definition) is 1. The van der Waals surface area contributed by atoms with Crippen molar-refractivity contribution in [2.75, 3.05) is 11.9 Å². The molecule has 2 aromatic carbocycles. The second-order valence-electron chi connectivity index (χ2n) is 6.05. The van der Waals surface area contributed by atoms with Gasteiger partial charge in [-0.15, -0.1) is 0 Å². The first kappa shape index (κ1) is 20.6. The van der Waals surface area contributed by atoms with Crippen LogP contribution in [-0.4, -0.2) is 34.5 Å². The fourth-order valence-corrected chi connectivity index (χ4v) is 3.52. The van der Waals surface area contributed by atoms with Gasteiger partial charge in [-0.05, 0) is 53.2 Å². The number of benzene rings is 2. The van der Waals surface area contributed by atoms with Crippen molar-refractivity contribution in [3.8, 4) is 0 Å². The molecule has 0 radical (unpaired) electrons. The van der Waals surface area contributed by atoms with E-state index in [0.29, 0.717) is 10.7 Å². The zero-order valence-corrected chi connectivity index (χ0v) is 16.5. The Labute approximate surface area is 175 Å². The lowest BCUT2D eigenvalue weighted by Crippen LogP contribution is -2.31. The Bertz CT molecular complexity index is 1000. The number of rotatable bonds is 6. The highest BCUT2D eigenvalue weighted by molar-refractivity contribution is 8.18. The van der Waals surface area contributed by atoms with E-state index in [-0.39, 0.29) is 23.4 Å². The van der Waals surface area contributed by atoms with Crippen LogP contribution in [0, 0.1) is 0 Å². The smallest absolute Gasteiger partial charge is 0.293 e. The summed E-state index contributed by atoms with van der Waals surface area (Å²) >= 11 is 6.64. The van der Waals surface area contributed by atoms with Crippen LogP contribution in [0.4, 0.5) is 10.5 Å². The molecule has 1 saturated heterocycles. The van der Waals surface area contributed by atoms with Crippen molar-refractivity contribution in [3.63, 3.8) is 0 Å². The molecule has 1 aliphatic rings. The molecule has 148 valence electrons. The molecule has 0 unspecified atom stereocenters. The number of anilines is 1. The van der Waals surface area contributed by atoms with E-state index >= 15 is 0 Å². The summed E-state index contributed by atoms with van der Waals surface area (Å²) in [7, 11) is 0. The molecule has 9 heteroatoms. The van der Waals surface area contributed by atoms with Gasteiger partial charge >= 0.3 is 0 Å². The van der Waals surface area contributed by atoms with Crippen molar-refractivity contribution in [1.29, 1.82) is 0 Å². The van der Waals surface area contributed by atoms with Crippen molar-refractivity contribution in [2.24, 2.45) is 0 Å². The van der Waals surface area contributed by atoms with Gasteiger partial charge in [-0.25, -0.2) is 0 Å². The number of thioether (sulfide) groups is 1. The van der Waals surface area contributed by atoms with Crippen molar-refractivity contribution in [3.05, 3.63) is 69.6 Å². The van der Waals surface area contributed by atoms with Crippen molar-refractivity contribution >= 4 is 58.1 Å². The summed E-state index contributed by atoms with van der Waals surface area (Å²) < 4.78 is 0. The molecule has 0 spiro atoms. The molecule has 3 amide bonds. The summed E-state index contributed by atoms with van der Waals surface area (Å²) in [6, 6.07) is 12.3. The summed E-state index contributed by atoms with van der Waals surface area (Å²) in [5.74, 6) is -2.18. The summed E-state index contributed by atoms with van der Waals surface area (Å²) in [5, 5.41) is 13.4. The molecule has 1 fully saturated rings. The predicted molar refractivity (Wildman–Crippen MR) is 108 cm³/mol. The van der Waals surface area contributed by atoms with Gasteiger partial charge in [-0.3, -0.25) is 19.3 Å². The number of aromatic carboxylic acids is 1. The van der Waals surface area contributed by atoms with E-state index in [1.54, 1.807) is 30.3 Å². The third-order valence-electron chi connectivity index (χ3n) is 4.01. The van der Waals surface area contributed by atoms with Gasteiger partial charge < -0.3 is 15.2 Å². The Morgan fingerprint density at radius 2 is 1.72 bits per heavy atom. The van der Waals surface area contributed by atoms with Gasteiger partial charge in [0.05, 0.1) is 10.9 Å². The quantitative estimate of drug-likeness (QED) is 0.707. The monoisotopic (exact) mass is 429 g/mol. The second kappa shape index (κ2) is 8.93. The highest BCUT2D eigenvalue weighted by atomic mass is 35.5. The molecule has 3 rings (SSSR count). The summed E-state index contributed by atoms with van der Waals surface area (Å²) in [5.41, 5.74) is 1.13. The molecule has 29 heavy (non-hydrogen) atoms. The molecule has 0 atom stereocenters. The van der Waals surface area contributed by atoms with Crippen LogP contribution in [0.2, 0.25) is 5.02 Å². The highest BCUT2D eigenvalue weighted by Gasteiger charge is 2.35. The molecule has 7 nitrogen and oxygen atoms in total. The molecule has 0 bridgehead atoms. The van der Waals surface area contributed by atoms with Crippen LogP contribution < -0.4 is 10.4 Å². The van der Waals surface area contributed by atoms with Crippen LogP contribution in [0.3, 0.4) is 0 Å². The lowest BCUT2D eigenvalue weighted by Gasteiger charge is -2.12. The summed E-state index contributed by atoms with van der Waals surface area (Å²) in [4.78, 5) is 48.7. The van der Waals surface area contributed by atoms with E-state index in [4.69, 9.17) is 11.6 Å². The minimum absolute atomic E-state index is 0.00621. The molecule has 0 aliphatic carbocycles. The fourth-order valence-electron chi connectivity index (χ4n) is 2.53.